The van der Waals surface area contributed by atoms with Crippen molar-refractivity contribution in [3.63, 3.8) is 0 Å². The first kappa shape index (κ1) is 16.8. The Morgan fingerprint density at radius 3 is 2.10 bits per heavy atom. The lowest BCUT2D eigenvalue weighted by Gasteiger charge is -2.40. The van der Waals surface area contributed by atoms with E-state index in [0.29, 0.717) is 4.99 Å². The van der Waals surface area contributed by atoms with E-state index in [2.05, 4.69) is 17.1 Å². The fourth-order valence-corrected chi connectivity index (χ4v) is 2.78. The van der Waals surface area contributed by atoms with Gasteiger partial charge in [-0.2, -0.15) is 0 Å². The van der Waals surface area contributed by atoms with Gasteiger partial charge in [0.15, 0.2) is 0 Å². The summed E-state index contributed by atoms with van der Waals surface area (Å²) in [5.41, 5.74) is 10.7. The normalized spacial score (nSPS) is 20.1. The highest BCUT2D eigenvalue weighted by Crippen LogP contribution is 2.12. The van der Waals surface area contributed by atoms with Crippen LogP contribution >= 0.6 is 12.2 Å². The summed E-state index contributed by atoms with van der Waals surface area (Å²) in [6, 6.07) is -1.09. The molecular formula is C12H23N5O2S. The molecule has 1 aliphatic rings. The molecule has 3 amide bonds. The predicted molar refractivity (Wildman–Crippen MR) is 81.2 cm³/mol. The lowest BCUT2D eigenvalue weighted by atomic mass is 10.1. The Balaban J connectivity index is 2.51. The maximum absolute atomic E-state index is 11.7. The van der Waals surface area contributed by atoms with Gasteiger partial charge in [-0.05, 0) is 13.3 Å². The van der Waals surface area contributed by atoms with Gasteiger partial charge in [0.05, 0.1) is 17.1 Å². The number of nitrogens with one attached hydrogen (secondary N) is 1. The van der Waals surface area contributed by atoms with Crippen molar-refractivity contribution in [2.24, 2.45) is 11.5 Å². The van der Waals surface area contributed by atoms with Gasteiger partial charge in [0.25, 0.3) is 0 Å². The van der Waals surface area contributed by atoms with E-state index in [4.69, 9.17) is 23.7 Å². The van der Waals surface area contributed by atoms with E-state index in [1.54, 1.807) is 6.92 Å². The van der Waals surface area contributed by atoms with Crippen molar-refractivity contribution in [2.75, 3.05) is 26.2 Å². The van der Waals surface area contributed by atoms with E-state index in [1.165, 1.54) is 0 Å². The fraction of sp³-hybridized carbons (Fsp3) is 0.750. The van der Waals surface area contributed by atoms with Crippen LogP contribution in [0.1, 0.15) is 20.3 Å². The lowest BCUT2D eigenvalue weighted by molar-refractivity contribution is -0.125. The average molecular weight is 301 g/mol. The Kier molecular flexibility index (Phi) is 6.31. The third kappa shape index (κ3) is 4.39. The number of thiocarbonyl (C=S) groups is 1. The number of hydrogen-bond donors (Lipinski definition) is 3. The molecule has 0 aromatic carbocycles. The second-order valence-corrected chi connectivity index (χ2v) is 5.40. The van der Waals surface area contributed by atoms with Gasteiger partial charge in [0.1, 0.15) is 0 Å². The van der Waals surface area contributed by atoms with E-state index < -0.39 is 6.03 Å². The molecule has 8 heteroatoms. The van der Waals surface area contributed by atoms with Crippen LogP contribution in [0.3, 0.4) is 0 Å². The molecule has 1 saturated heterocycles. The number of hydrogen-bond acceptors (Lipinski definition) is 5. The smallest absolute Gasteiger partial charge is 0.318 e. The minimum atomic E-state index is -0.819. The summed E-state index contributed by atoms with van der Waals surface area (Å²) < 4.78 is 0. The van der Waals surface area contributed by atoms with Gasteiger partial charge in [-0.25, -0.2) is 4.79 Å². The molecule has 1 fully saturated rings. The highest BCUT2D eigenvalue weighted by molar-refractivity contribution is 7.80. The maximum Gasteiger partial charge on any atom is 0.318 e. The van der Waals surface area contributed by atoms with Gasteiger partial charge in [-0.1, -0.05) is 19.1 Å². The summed E-state index contributed by atoms with van der Waals surface area (Å²) in [5.74, 6) is -0.368. The Morgan fingerprint density at radius 2 is 1.70 bits per heavy atom. The Bertz CT molecular complexity index is 382. The monoisotopic (exact) mass is 301 g/mol. The van der Waals surface area contributed by atoms with E-state index in [0.717, 1.165) is 32.6 Å². The number of primary amides is 1. The molecule has 0 bridgehead atoms. The van der Waals surface area contributed by atoms with E-state index in [1.807, 2.05) is 4.90 Å². The molecule has 7 nitrogen and oxygen atoms in total. The Labute approximate surface area is 124 Å². The lowest BCUT2D eigenvalue weighted by Crippen LogP contribution is -2.58. The highest BCUT2D eigenvalue weighted by Gasteiger charge is 2.29. The zero-order valence-corrected chi connectivity index (χ0v) is 12.8. The van der Waals surface area contributed by atoms with Crippen molar-refractivity contribution in [1.82, 2.24) is 15.1 Å². The Morgan fingerprint density at radius 1 is 1.20 bits per heavy atom. The average Bonchev–Trinajstić information content (AvgIpc) is 2.38. The fourth-order valence-electron chi connectivity index (χ4n) is 2.47. The summed E-state index contributed by atoms with van der Waals surface area (Å²) in [5, 5.41) is 2.11. The molecule has 0 aromatic heterocycles. The van der Waals surface area contributed by atoms with E-state index in [-0.39, 0.29) is 18.0 Å². The second kappa shape index (κ2) is 7.51. The summed E-state index contributed by atoms with van der Waals surface area (Å²) in [7, 11) is 0. The van der Waals surface area contributed by atoms with Gasteiger partial charge in [-0.3, -0.25) is 19.9 Å². The quantitative estimate of drug-likeness (QED) is 0.577. The molecule has 0 saturated carbocycles. The van der Waals surface area contributed by atoms with Crippen LogP contribution in [-0.4, -0.2) is 65.0 Å². The number of carbonyl (C=O) groups excluding carboxylic acids is 2. The van der Waals surface area contributed by atoms with Crippen LogP contribution in [0, 0.1) is 0 Å². The summed E-state index contributed by atoms with van der Waals surface area (Å²) in [6.45, 7) is 6.87. The van der Waals surface area contributed by atoms with Crippen LogP contribution in [0.5, 0.6) is 0 Å². The standard InChI is InChI=1S/C12H23N5O2S/c1-3-9(10(13)20)17-6-4-16(5-7-17)8(2)11(18)15-12(14)19/h8-9H,3-7H2,1-2H3,(H2,13,20)(H3,14,15,18,19). The molecule has 114 valence electrons. The van der Waals surface area contributed by atoms with Gasteiger partial charge in [0.2, 0.25) is 5.91 Å². The van der Waals surface area contributed by atoms with E-state index in [9.17, 15) is 9.59 Å². The maximum atomic E-state index is 11.7. The van der Waals surface area contributed by atoms with Crippen LogP contribution < -0.4 is 16.8 Å². The second-order valence-electron chi connectivity index (χ2n) is 4.93. The number of urea groups is 1. The van der Waals surface area contributed by atoms with Crippen molar-refractivity contribution in [3.8, 4) is 0 Å². The molecule has 1 heterocycles. The molecule has 0 aromatic rings. The molecule has 0 radical (unpaired) electrons. The highest BCUT2D eigenvalue weighted by atomic mass is 32.1. The molecule has 0 aliphatic carbocycles. The minimum Gasteiger partial charge on any atom is -0.392 e. The number of imide groups is 1. The van der Waals surface area contributed by atoms with Crippen LogP contribution in [0.15, 0.2) is 0 Å². The number of piperazine rings is 1. The Hall–Kier alpha value is -1.25. The SMILES string of the molecule is CCC(C(N)=S)N1CCN(C(C)C(=O)NC(N)=O)CC1. The number of nitrogens with zero attached hydrogens (tertiary/aromatic N) is 2. The first-order valence-electron chi connectivity index (χ1n) is 6.74. The number of rotatable bonds is 5. The van der Waals surface area contributed by atoms with Crippen LogP contribution in [-0.2, 0) is 4.79 Å². The van der Waals surface area contributed by atoms with Gasteiger partial charge in [-0.15, -0.1) is 0 Å². The van der Waals surface area contributed by atoms with Crippen LogP contribution in [0.2, 0.25) is 0 Å². The first-order chi connectivity index (χ1) is 9.36. The molecule has 20 heavy (non-hydrogen) atoms. The van der Waals surface area contributed by atoms with Gasteiger partial charge < -0.3 is 11.5 Å². The zero-order chi connectivity index (χ0) is 15.3. The van der Waals surface area contributed by atoms with Gasteiger partial charge >= 0.3 is 6.03 Å². The number of amides is 3. The largest absolute Gasteiger partial charge is 0.392 e. The van der Waals surface area contributed by atoms with Crippen LogP contribution in [0.4, 0.5) is 4.79 Å². The van der Waals surface area contributed by atoms with Crippen molar-refractivity contribution in [2.45, 2.75) is 32.4 Å². The third-order valence-corrected chi connectivity index (χ3v) is 3.95. The molecule has 5 N–H and O–H groups in total. The predicted octanol–water partition coefficient (Wildman–Crippen LogP) is -0.748. The van der Waals surface area contributed by atoms with Crippen molar-refractivity contribution >= 4 is 29.1 Å². The molecule has 1 rings (SSSR count). The van der Waals surface area contributed by atoms with Gasteiger partial charge in [0, 0.05) is 26.2 Å². The summed E-state index contributed by atoms with van der Waals surface area (Å²) in [4.78, 5) is 27.2. The molecular weight excluding hydrogens is 278 g/mol. The molecule has 1 aliphatic heterocycles. The number of carbonyl (C=O) groups is 2. The summed E-state index contributed by atoms with van der Waals surface area (Å²) in [6.07, 6.45) is 0.882. The van der Waals surface area contributed by atoms with E-state index >= 15 is 0 Å². The number of nitrogens with two attached hydrogens (primary N) is 2. The van der Waals surface area contributed by atoms with Crippen molar-refractivity contribution in [3.05, 3.63) is 0 Å². The minimum absolute atomic E-state index is 0.113. The first-order valence-corrected chi connectivity index (χ1v) is 7.15. The van der Waals surface area contributed by atoms with Crippen LogP contribution in [0.25, 0.3) is 0 Å². The summed E-state index contributed by atoms with van der Waals surface area (Å²) >= 11 is 5.07. The zero-order valence-electron chi connectivity index (χ0n) is 12.0. The van der Waals surface area contributed by atoms with Crippen molar-refractivity contribution < 1.29 is 9.59 Å². The molecule has 2 atom stereocenters. The third-order valence-electron chi connectivity index (χ3n) is 3.68. The molecule has 0 spiro atoms. The topological polar surface area (TPSA) is 105 Å². The molecule has 2 unspecified atom stereocenters. The van der Waals surface area contributed by atoms with Crippen molar-refractivity contribution in [1.29, 1.82) is 0 Å².